The standard InChI is InChI=1S/C11H17N3O2/c1-12-11-5-13-10(4-14-11)8-16-7-9-2-3-15-6-9/h4-5,9H,2-3,6-8H2,1H3,(H,12,14). The van der Waals surface area contributed by atoms with E-state index < -0.39 is 0 Å². The number of rotatable bonds is 5. The maximum atomic E-state index is 5.57. The first-order valence-corrected chi connectivity index (χ1v) is 5.52. The lowest BCUT2D eigenvalue weighted by molar-refractivity contribution is 0.0771. The predicted molar refractivity (Wildman–Crippen MR) is 60.2 cm³/mol. The highest BCUT2D eigenvalue weighted by Crippen LogP contribution is 2.13. The molecule has 0 radical (unpaired) electrons. The van der Waals surface area contributed by atoms with Crippen LogP contribution in [0.4, 0.5) is 5.82 Å². The second-order valence-corrected chi connectivity index (χ2v) is 3.89. The summed E-state index contributed by atoms with van der Waals surface area (Å²) >= 11 is 0. The number of nitrogens with zero attached hydrogens (tertiary/aromatic N) is 2. The van der Waals surface area contributed by atoms with E-state index in [9.17, 15) is 0 Å². The van der Waals surface area contributed by atoms with E-state index in [4.69, 9.17) is 9.47 Å². The normalized spacial score (nSPS) is 19.9. The van der Waals surface area contributed by atoms with E-state index in [2.05, 4.69) is 15.3 Å². The summed E-state index contributed by atoms with van der Waals surface area (Å²) in [6.07, 6.45) is 4.54. The molecule has 0 aliphatic carbocycles. The van der Waals surface area contributed by atoms with Gasteiger partial charge in [-0.05, 0) is 6.42 Å². The second kappa shape index (κ2) is 5.77. The first kappa shape index (κ1) is 11.3. The number of hydrogen-bond acceptors (Lipinski definition) is 5. The zero-order chi connectivity index (χ0) is 11.2. The van der Waals surface area contributed by atoms with E-state index in [0.29, 0.717) is 12.5 Å². The molecular weight excluding hydrogens is 206 g/mol. The number of anilines is 1. The molecule has 1 unspecified atom stereocenters. The summed E-state index contributed by atoms with van der Waals surface area (Å²) in [5.74, 6) is 1.32. The Bertz CT molecular complexity index is 310. The maximum Gasteiger partial charge on any atom is 0.144 e. The van der Waals surface area contributed by atoms with Gasteiger partial charge in [-0.15, -0.1) is 0 Å². The van der Waals surface area contributed by atoms with E-state index in [1.165, 1.54) is 0 Å². The first-order valence-electron chi connectivity index (χ1n) is 5.52. The minimum atomic E-state index is 0.521. The molecular formula is C11H17N3O2. The average Bonchev–Trinajstić information content (AvgIpc) is 2.83. The van der Waals surface area contributed by atoms with E-state index in [1.807, 2.05) is 7.05 Å². The quantitative estimate of drug-likeness (QED) is 0.809. The van der Waals surface area contributed by atoms with Crippen LogP contribution >= 0.6 is 0 Å². The Balaban J connectivity index is 1.71. The van der Waals surface area contributed by atoms with Crippen LogP contribution in [0.3, 0.4) is 0 Å². The summed E-state index contributed by atoms with van der Waals surface area (Å²) in [6.45, 7) is 2.96. The lowest BCUT2D eigenvalue weighted by Gasteiger charge is -2.08. The summed E-state index contributed by atoms with van der Waals surface area (Å²) in [6, 6.07) is 0. The third kappa shape index (κ3) is 3.15. The Morgan fingerprint density at radius 1 is 1.50 bits per heavy atom. The van der Waals surface area contributed by atoms with Gasteiger partial charge in [0, 0.05) is 19.6 Å². The van der Waals surface area contributed by atoms with Gasteiger partial charge in [0.1, 0.15) is 5.82 Å². The molecule has 0 spiro atoms. The van der Waals surface area contributed by atoms with Crippen molar-refractivity contribution >= 4 is 5.82 Å². The summed E-state index contributed by atoms with van der Waals surface area (Å²) in [7, 11) is 1.82. The molecule has 0 amide bonds. The topological polar surface area (TPSA) is 56.3 Å². The molecule has 2 heterocycles. The zero-order valence-electron chi connectivity index (χ0n) is 9.48. The highest BCUT2D eigenvalue weighted by molar-refractivity contribution is 5.29. The summed E-state index contributed by atoms with van der Waals surface area (Å²) in [5.41, 5.74) is 0.859. The fourth-order valence-corrected chi connectivity index (χ4v) is 1.60. The molecule has 2 rings (SSSR count). The molecule has 1 aromatic rings. The van der Waals surface area contributed by atoms with Crippen molar-refractivity contribution < 1.29 is 9.47 Å². The third-order valence-corrected chi connectivity index (χ3v) is 2.59. The SMILES string of the molecule is CNc1cnc(COCC2CCOC2)cn1. The van der Waals surface area contributed by atoms with Gasteiger partial charge in [0.2, 0.25) is 0 Å². The van der Waals surface area contributed by atoms with Crippen molar-refractivity contribution in [2.75, 3.05) is 32.2 Å². The summed E-state index contributed by atoms with van der Waals surface area (Å²) < 4.78 is 10.8. The molecule has 1 aromatic heterocycles. The number of hydrogen-bond donors (Lipinski definition) is 1. The van der Waals surface area contributed by atoms with Crippen LogP contribution in [0.25, 0.3) is 0 Å². The van der Waals surface area contributed by atoms with Crippen molar-refractivity contribution in [1.82, 2.24) is 9.97 Å². The van der Waals surface area contributed by atoms with Crippen LogP contribution in [-0.2, 0) is 16.1 Å². The molecule has 1 atom stereocenters. The summed E-state index contributed by atoms with van der Waals surface area (Å²) in [4.78, 5) is 8.40. The van der Waals surface area contributed by atoms with E-state index in [1.54, 1.807) is 12.4 Å². The second-order valence-electron chi connectivity index (χ2n) is 3.89. The van der Waals surface area contributed by atoms with Crippen LogP contribution < -0.4 is 5.32 Å². The lowest BCUT2D eigenvalue weighted by Crippen LogP contribution is -2.09. The lowest BCUT2D eigenvalue weighted by atomic mass is 10.1. The van der Waals surface area contributed by atoms with Crippen LogP contribution in [-0.4, -0.2) is 36.8 Å². The van der Waals surface area contributed by atoms with Crippen molar-refractivity contribution in [2.24, 2.45) is 5.92 Å². The molecule has 1 aliphatic rings. The van der Waals surface area contributed by atoms with E-state index >= 15 is 0 Å². The van der Waals surface area contributed by atoms with Crippen LogP contribution in [0.2, 0.25) is 0 Å². The predicted octanol–water partition coefficient (Wildman–Crippen LogP) is 1.07. The van der Waals surface area contributed by atoms with Gasteiger partial charge in [-0.25, -0.2) is 4.98 Å². The van der Waals surface area contributed by atoms with Crippen LogP contribution in [0.5, 0.6) is 0 Å². The van der Waals surface area contributed by atoms with Crippen molar-refractivity contribution in [2.45, 2.75) is 13.0 Å². The van der Waals surface area contributed by atoms with Crippen LogP contribution in [0.1, 0.15) is 12.1 Å². The highest BCUT2D eigenvalue weighted by Gasteiger charge is 2.15. The van der Waals surface area contributed by atoms with Crippen LogP contribution in [0.15, 0.2) is 12.4 Å². The van der Waals surface area contributed by atoms with Crippen molar-refractivity contribution in [3.05, 3.63) is 18.1 Å². The van der Waals surface area contributed by atoms with E-state index in [0.717, 1.165) is 37.8 Å². The molecule has 0 bridgehead atoms. The molecule has 16 heavy (non-hydrogen) atoms. The molecule has 1 fully saturated rings. The Hall–Kier alpha value is -1.20. The fourth-order valence-electron chi connectivity index (χ4n) is 1.60. The molecule has 0 aromatic carbocycles. The largest absolute Gasteiger partial charge is 0.381 e. The van der Waals surface area contributed by atoms with Crippen molar-refractivity contribution in [1.29, 1.82) is 0 Å². The molecule has 1 N–H and O–H groups in total. The van der Waals surface area contributed by atoms with E-state index in [-0.39, 0.29) is 0 Å². The highest BCUT2D eigenvalue weighted by atomic mass is 16.5. The van der Waals surface area contributed by atoms with Crippen molar-refractivity contribution in [3.8, 4) is 0 Å². The zero-order valence-corrected chi connectivity index (χ0v) is 9.48. The Morgan fingerprint density at radius 2 is 2.44 bits per heavy atom. The molecule has 1 saturated heterocycles. The molecule has 5 heteroatoms. The molecule has 5 nitrogen and oxygen atoms in total. The Kier molecular flexibility index (Phi) is 4.07. The van der Waals surface area contributed by atoms with Gasteiger partial charge in [0.15, 0.2) is 0 Å². The summed E-state index contributed by atoms with van der Waals surface area (Å²) in [5, 5.41) is 2.92. The van der Waals surface area contributed by atoms with Gasteiger partial charge in [-0.3, -0.25) is 4.98 Å². The van der Waals surface area contributed by atoms with Crippen molar-refractivity contribution in [3.63, 3.8) is 0 Å². The Labute approximate surface area is 95.2 Å². The van der Waals surface area contributed by atoms with Gasteiger partial charge >= 0.3 is 0 Å². The van der Waals surface area contributed by atoms with Gasteiger partial charge in [-0.2, -0.15) is 0 Å². The van der Waals surface area contributed by atoms with Gasteiger partial charge in [0.05, 0.1) is 37.9 Å². The molecule has 88 valence electrons. The number of ether oxygens (including phenoxy) is 2. The smallest absolute Gasteiger partial charge is 0.144 e. The number of nitrogens with one attached hydrogen (secondary N) is 1. The molecule has 1 aliphatic heterocycles. The van der Waals surface area contributed by atoms with Gasteiger partial charge in [0.25, 0.3) is 0 Å². The minimum Gasteiger partial charge on any atom is -0.381 e. The fraction of sp³-hybridized carbons (Fsp3) is 0.636. The Morgan fingerprint density at radius 3 is 3.06 bits per heavy atom. The van der Waals surface area contributed by atoms with Gasteiger partial charge in [-0.1, -0.05) is 0 Å². The minimum absolute atomic E-state index is 0.521. The average molecular weight is 223 g/mol. The molecule has 0 saturated carbocycles. The number of aromatic nitrogens is 2. The monoisotopic (exact) mass is 223 g/mol. The third-order valence-electron chi connectivity index (χ3n) is 2.59. The maximum absolute atomic E-state index is 5.57. The first-order chi connectivity index (χ1) is 7.88. The van der Waals surface area contributed by atoms with Crippen LogP contribution in [0, 0.1) is 5.92 Å². The van der Waals surface area contributed by atoms with Gasteiger partial charge < -0.3 is 14.8 Å².